The van der Waals surface area contributed by atoms with Crippen LogP contribution in [0.15, 0.2) is 11.6 Å². The van der Waals surface area contributed by atoms with Crippen LogP contribution < -0.4 is 0 Å². The van der Waals surface area contributed by atoms with Crippen LogP contribution in [0.5, 0.6) is 0 Å². The number of aliphatic hydroxyl groups is 1. The van der Waals surface area contributed by atoms with Gasteiger partial charge in [-0.3, -0.25) is 0 Å². The predicted molar refractivity (Wildman–Crippen MR) is 55.7 cm³/mol. The minimum absolute atomic E-state index is 0.478. The van der Waals surface area contributed by atoms with Crippen LogP contribution in [0.2, 0.25) is 0 Å². The lowest BCUT2D eigenvalue weighted by Crippen LogP contribution is -2.30. The number of unbranched alkanes of at least 4 members (excludes halogenated alkanes) is 1. The van der Waals surface area contributed by atoms with Crippen LogP contribution in [0.25, 0.3) is 0 Å². The van der Waals surface area contributed by atoms with Gasteiger partial charge >= 0.3 is 5.97 Å². The van der Waals surface area contributed by atoms with Gasteiger partial charge in [-0.05, 0) is 20.3 Å². The number of carbonyl (C=O) groups excluding carboxylic acids is 1. The highest BCUT2D eigenvalue weighted by Crippen LogP contribution is 2.15. The Hall–Kier alpha value is -0.830. The van der Waals surface area contributed by atoms with Crippen LogP contribution >= 0.6 is 0 Å². The van der Waals surface area contributed by atoms with Gasteiger partial charge in [0.1, 0.15) is 0 Å². The molecule has 0 bridgehead atoms. The quantitative estimate of drug-likeness (QED) is 0.421. The number of rotatable bonds is 5. The van der Waals surface area contributed by atoms with E-state index in [1.54, 1.807) is 0 Å². The molecule has 0 aromatic carbocycles. The van der Waals surface area contributed by atoms with E-state index in [0.29, 0.717) is 6.42 Å². The van der Waals surface area contributed by atoms with E-state index in [-0.39, 0.29) is 0 Å². The second-order valence-electron chi connectivity index (χ2n) is 3.92. The minimum atomic E-state index is -1.33. The van der Waals surface area contributed by atoms with Gasteiger partial charge in [-0.2, -0.15) is 0 Å². The first-order chi connectivity index (χ1) is 6.37. The summed E-state index contributed by atoms with van der Waals surface area (Å²) in [6, 6.07) is 0. The topological polar surface area (TPSA) is 46.5 Å². The number of hydrogen-bond donors (Lipinski definition) is 1. The Kier molecular flexibility index (Phi) is 5.46. The van der Waals surface area contributed by atoms with Gasteiger partial charge in [0.2, 0.25) is 5.79 Å². The molecule has 1 N–H and O–H groups in total. The smallest absolute Gasteiger partial charge is 0.333 e. The lowest BCUT2D eigenvalue weighted by Gasteiger charge is -2.22. The standard InChI is InChI=1S/C11H20O3/c1-5-6-7-11(4,13)14-10(12)8-9(2)3/h8,13H,5-7H2,1-4H3. The Balaban J connectivity index is 4.08. The summed E-state index contributed by atoms with van der Waals surface area (Å²) in [4.78, 5) is 11.2. The van der Waals surface area contributed by atoms with Gasteiger partial charge in [0.15, 0.2) is 0 Å². The normalized spacial score (nSPS) is 14.4. The molecule has 0 aliphatic carbocycles. The van der Waals surface area contributed by atoms with Crippen molar-refractivity contribution in [1.82, 2.24) is 0 Å². The summed E-state index contributed by atoms with van der Waals surface area (Å²) in [5.41, 5.74) is 0.862. The monoisotopic (exact) mass is 200 g/mol. The molecule has 0 aliphatic rings. The summed E-state index contributed by atoms with van der Waals surface area (Å²) < 4.78 is 4.89. The second kappa shape index (κ2) is 5.81. The van der Waals surface area contributed by atoms with Gasteiger partial charge in [-0.25, -0.2) is 4.79 Å². The first-order valence-corrected chi connectivity index (χ1v) is 4.97. The zero-order valence-corrected chi connectivity index (χ0v) is 9.46. The first kappa shape index (κ1) is 13.2. The zero-order chi connectivity index (χ0) is 11.2. The van der Waals surface area contributed by atoms with Crippen molar-refractivity contribution in [2.24, 2.45) is 0 Å². The van der Waals surface area contributed by atoms with Crippen molar-refractivity contribution >= 4 is 5.97 Å². The average molecular weight is 200 g/mol. The van der Waals surface area contributed by atoms with E-state index < -0.39 is 11.8 Å². The molecule has 0 saturated heterocycles. The van der Waals surface area contributed by atoms with Gasteiger partial charge in [0, 0.05) is 19.4 Å². The molecule has 0 fully saturated rings. The molecule has 0 radical (unpaired) electrons. The maximum absolute atomic E-state index is 11.2. The minimum Gasteiger partial charge on any atom is -0.430 e. The Morgan fingerprint density at radius 3 is 2.50 bits per heavy atom. The molecular formula is C11H20O3. The third kappa shape index (κ3) is 6.66. The van der Waals surface area contributed by atoms with Crippen molar-refractivity contribution in [2.75, 3.05) is 0 Å². The van der Waals surface area contributed by atoms with Crippen molar-refractivity contribution in [2.45, 2.75) is 52.7 Å². The van der Waals surface area contributed by atoms with E-state index in [0.717, 1.165) is 18.4 Å². The second-order valence-corrected chi connectivity index (χ2v) is 3.92. The molecule has 0 aromatic rings. The Morgan fingerprint density at radius 1 is 1.50 bits per heavy atom. The molecule has 82 valence electrons. The maximum Gasteiger partial charge on any atom is 0.333 e. The fraction of sp³-hybridized carbons (Fsp3) is 0.727. The van der Waals surface area contributed by atoms with Crippen molar-refractivity contribution < 1.29 is 14.6 Å². The SMILES string of the molecule is CCCCC(C)(O)OC(=O)C=C(C)C. The van der Waals surface area contributed by atoms with Crippen LogP contribution in [-0.4, -0.2) is 16.9 Å². The lowest BCUT2D eigenvalue weighted by atomic mass is 10.1. The van der Waals surface area contributed by atoms with Crippen molar-refractivity contribution in [3.05, 3.63) is 11.6 Å². The van der Waals surface area contributed by atoms with E-state index in [1.807, 2.05) is 20.8 Å². The van der Waals surface area contributed by atoms with E-state index in [4.69, 9.17) is 4.74 Å². The van der Waals surface area contributed by atoms with Gasteiger partial charge in [0.25, 0.3) is 0 Å². The van der Waals surface area contributed by atoms with E-state index >= 15 is 0 Å². The first-order valence-electron chi connectivity index (χ1n) is 4.97. The molecule has 0 aliphatic heterocycles. The molecule has 14 heavy (non-hydrogen) atoms. The molecule has 3 nitrogen and oxygen atoms in total. The lowest BCUT2D eigenvalue weighted by molar-refractivity contribution is -0.199. The molecule has 0 saturated carbocycles. The van der Waals surface area contributed by atoms with Gasteiger partial charge in [0.05, 0.1) is 0 Å². The molecule has 3 heteroatoms. The summed E-state index contributed by atoms with van der Waals surface area (Å²) in [6.07, 6.45) is 3.66. The van der Waals surface area contributed by atoms with Crippen LogP contribution in [0.1, 0.15) is 47.0 Å². The Bertz CT molecular complexity index is 213. The van der Waals surface area contributed by atoms with Gasteiger partial charge < -0.3 is 9.84 Å². The van der Waals surface area contributed by atoms with Crippen LogP contribution in [0, 0.1) is 0 Å². The number of ether oxygens (including phenoxy) is 1. The highest BCUT2D eigenvalue weighted by atomic mass is 16.7. The number of carbonyl (C=O) groups is 1. The Labute approximate surface area is 85.8 Å². The summed E-state index contributed by atoms with van der Waals surface area (Å²) in [7, 11) is 0. The summed E-state index contributed by atoms with van der Waals surface area (Å²) in [5, 5.41) is 9.66. The third-order valence-corrected chi connectivity index (χ3v) is 1.72. The highest BCUT2D eigenvalue weighted by molar-refractivity contribution is 5.82. The molecule has 0 amide bonds. The van der Waals surface area contributed by atoms with E-state index in [9.17, 15) is 9.90 Å². The zero-order valence-electron chi connectivity index (χ0n) is 9.46. The van der Waals surface area contributed by atoms with Crippen LogP contribution in [0.4, 0.5) is 0 Å². The summed E-state index contributed by atoms with van der Waals surface area (Å²) >= 11 is 0. The van der Waals surface area contributed by atoms with Gasteiger partial charge in [-0.1, -0.05) is 18.9 Å². The van der Waals surface area contributed by atoms with Crippen molar-refractivity contribution in [3.63, 3.8) is 0 Å². The average Bonchev–Trinajstić information content (AvgIpc) is 1.98. The molecular weight excluding hydrogens is 180 g/mol. The molecule has 0 spiro atoms. The molecule has 0 aromatic heterocycles. The fourth-order valence-corrected chi connectivity index (χ4v) is 1.04. The number of allylic oxidation sites excluding steroid dienone is 1. The largest absolute Gasteiger partial charge is 0.430 e. The summed E-state index contributed by atoms with van der Waals surface area (Å²) in [6.45, 7) is 7.15. The van der Waals surface area contributed by atoms with Crippen LogP contribution in [-0.2, 0) is 9.53 Å². The van der Waals surface area contributed by atoms with Crippen LogP contribution in [0.3, 0.4) is 0 Å². The molecule has 1 atom stereocenters. The van der Waals surface area contributed by atoms with Crippen molar-refractivity contribution in [3.8, 4) is 0 Å². The number of esters is 1. The van der Waals surface area contributed by atoms with Gasteiger partial charge in [-0.15, -0.1) is 0 Å². The fourth-order valence-electron chi connectivity index (χ4n) is 1.04. The highest BCUT2D eigenvalue weighted by Gasteiger charge is 2.23. The Morgan fingerprint density at radius 2 is 2.07 bits per heavy atom. The molecule has 0 heterocycles. The number of hydrogen-bond acceptors (Lipinski definition) is 3. The molecule has 0 rings (SSSR count). The van der Waals surface area contributed by atoms with E-state index in [1.165, 1.54) is 13.0 Å². The summed E-state index contributed by atoms with van der Waals surface area (Å²) in [5.74, 6) is -1.81. The predicted octanol–water partition coefficient (Wildman–Crippen LogP) is 2.39. The third-order valence-electron chi connectivity index (χ3n) is 1.72. The van der Waals surface area contributed by atoms with Crippen molar-refractivity contribution in [1.29, 1.82) is 0 Å². The molecule has 1 unspecified atom stereocenters. The maximum atomic E-state index is 11.2. The van der Waals surface area contributed by atoms with E-state index in [2.05, 4.69) is 0 Å².